The molecule has 5 nitrogen and oxygen atoms in total. The van der Waals surface area contributed by atoms with E-state index in [0.29, 0.717) is 0 Å². The maximum Gasteiger partial charge on any atom is 0.261 e. The monoisotopic (exact) mass is 387 g/mol. The highest BCUT2D eigenvalue weighted by Crippen LogP contribution is 2.39. The van der Waals surface area contributed by atoms with Gasteiger partial charge in [0, 0.05) is 35.4 Å². The number of nitrogens with zero attached hydrogens (tertiary/aromatic N) is 1. The first-order chi connectivity index (χ1) is 14.1. The van der Waals surface area contributed by atoms with Crippen LogP contribution in [0.3, 0.4) is 0 Å². The molecule has 0 unspecified atom stereocenters. The minimum Gasteiger partial charge on any atom is -0.438 e. The number of amides is 1. The molecule has 0 radical (unpaired) electrons. The smallest absolute Gasteiger partial charge is 0.261 e. The number of hydrogen-bond acceptors (Lipinski definition) is 4. The van der Waals surface area contributed by atoms with E-state index in [0.717, 1.165) is 67.4 Å². The Hall–Kier alpha value is -3.08. The summed E-state index contributed by atoms with van der Waals surface area (Å²) < 4.78 is 5.95. The predicted octanol–water partition coefficient (Wildman–Crippen LogP) is 4.43. The Balaban J connectivity index is 1.57. The summed E-state index contributed by atoms with van der Waals surface area (Å²) in [6, 6.07) is 11.8. The standard InChI is InChI=1S/C24H25N3O2/c1-2-15-6-3-8-18(12-15)26-24(28)20-14-17-13-16-7-4-10-27-11-5-9-19(21(16)27)22(17)29-23(20)25/h3,6,8,12-14,25H,2,4-5,7,9-11H2,1H3,(H,26,28). The fourth-order valence-corrected chi connectivity index (χ4v) is 4.70. The van der Waals surface area contributed by atoms with E-state index in [4.69, 9.17) is 9.83 Å². The first-order valence-electron chi connectivity index (χ1n) is 10.5. The van der Waals surface area contributed by atoms with Gasteiger partial charge in [0.2, 0.25) is 5.55 Å². The summed E-state index contributed by atoms with van der Waals surface area (Å²) in [7, 11) is 0. The van der Waals surface area contributed by atoms with Gasteiger partial charge >= 0.3 is 0 Å². The topological polar surface area (TPSA) is 69.3 Å². The number of nitrogens with one attached hydrogen (secondary N) is 2. The summed E-state index contributed by atoms with van der Waals surface area (Å²) in [5.41, 5.74) is 6.72. The van der Waals surface area contributed by atoms with Gasteiger partial charge in [0.15, 0.2) is 0 Å². The molecule has 0 spiro atoms. The molecule has 3 heterocycles. The molecule has 0 fully saturated rings. The van der Waals surface area contributed by atoms with Gasteiger partial charge in [0.1, 0.15) is 11.1 Å². The van der Waals surface area contributed by atoms with Gasteiger partial charge in [-0.3, -0.25) is 10.2 Å². The third-order valence-electron chi connectivity index (χ3n) is 6.09. The first-order valence-corrected chi connectivity index (χ1v) is 10.5. The molecule has 1 amide bonds. The van der Waals surface area contributed by atoms with Gasteiger partial charge in [-0.05, 0) is 67.5 Å². The minimum absolute atomic E-state index is 0.0780. The van der Waals surface area contributed by atoms with Gasteiger partial charge < -0.3 is 14.6 Å². The van der Waals surface area contributed by atoms with Crippen LogP contribution in [-0.4, -0.2) is 19.0 Å². The molecule has 3 aromatic rings. The zero-order chi connectivity index (χ0) is 20.0. The lowest BCUT2D eigenvalue weighted by Gasteiger charge is -2.37. The van der Waals surface area contributed by atoms with Crippen LogP contribution in [0.1, 0.15) is 46.8 Å². The first kappa shape index (κ1) is 18.0. The summed E-state index contributed by atoms with van der Waals surface area (Å²) in [6.07, 6.45) is 5.19. The van der Waals surface area contributed by atoms with Gasteiger partial charge in [0.05, 0.1) is 0 Å². The molecule has 0 saturated heterocycles. The molecule has 148 valence electrons. The highest BCUT2D eigenvalue weighted by molar-refractivity contribution is 6.05. The molecule has 29 heavy (non-hydrogen) atoms. The number of rotatable bonds is 3. The number of anilines is 2. The van der Waals surface area contributed by atoms with Crippen molar-refractivity contribution in [1.29, 1.82) is 5.41 Å². The van der Waals surface area contributed by atoms with Gasteiger partial charge in [-0.25, -0.2) is 0 Å². The van der Waals surface area contributed by atoms with Gasteiger partial charge in [-0.15, -0.1) is 0 Å². The van der Waals surface area contributed by atoms with Crippen molar-refractivity contribution in [1.82, 2.24) is 0 Å². The molecule has 1 aromatic heterocycles. The number of aryl methyl sites for hydroxylation is 3. The lowest BCUT2D eigenvalue weighted by molar-refractivity contribution is 0.102. The zero-order valence-electron chi connectivity index (χ0n) is 16.7. The van der Waals surface area contributed by atoms with Gasteiger partial charge in [0.25, 0.3) is 5.91 Å². The minimum atomic E-state index is -0.304. The average molecular weight is 387 g/mol. The average Bonchev–Trinajstić information content (AvgIpc) is 2.74. The molecular weight excluding hydrogens is 362 g/mol. The van der Waals surface area contributed by atoms with Crippen molar-refractivity contribution in [3.63, 3.8) is 0 Å². The number of benzene rings is 2. The van der Waals surface area contributed by atoms with Crippen molar-refractivity contribution in [3.8, 4) is 0 Å². The van der Waals surface area contributed by atoms with Crippen molar-refractivity contribution in [2.75, 3.05) is 23.3 Å². The van der Waals surface area contributed by atoms with E-state index in [1.54, 1.807) is 0 Å². The number of carbonyl (C=O) groups excluding carboxylic acids is 1. The second-order valence-electron chi connectivity index (χ2n) is 7.97. The lowest BCUT2D eigenvalue weighted by Crippen LogP contribution is -2.34. The van der Waals surface area contributed by atoms with E-state index in [2.05, 4.69) is 23.2 Å². The largest absolute Gasteiger partial charge is 0.438 e. The summed E-state index contributed by atoms with van der Waals surface area (Å²) >= 11 is 0. The number of carbonyl (C=O) groups is 1. The Morgan fingerprint density at radius 3 is 2.83 bits per heavy atom. The van der Waals surface area contributed by atoms with Gasteiger partial charge in [-0.1, -0.05) is 19.1 Å². The summed E-state index contributed by atoms with van der Waals surface area (Å²) in [5, 5.41) is 12.2. The van der Waals surface area contributed by atoms with Crippen LogP contribution in [0.5, 0.6) is 0 Å². The third-order valence-corrected chi connectivity index (χ3v) is 6.09. The lowest BCUT2D eigenvalue weighted by atomic mass is 9.90. The highest BCUT2D eigenvalue weighted by Gasteiger charge is 2.27. The van der Waals surface area contributed by atoms with Crippen LogP contribution in [0.2, 0.25) is 0 Å². The fraction of sp³-hybridized carbons (Fsp3) is 0.333. The molecule has 2 aliphatic rings. The van der Waals surface area contributed by atoms with Crippen molar-refractivity contribution < 1.29 is 9.21 Å². The van der Waals surface area contributed by atoms with E-state index in [1.807, 2.05) is 30.3 Å². The van der Waals surface area contributed by atoms with Crippen molar-refractivity contribution in [2.45, 2.75) is 39.0 Å². The maximum atomic E-state index is 12.9. The van der Waals surface area contributed by atoms with Crippen molar-refractivity contribution in [2.24, 2.45) is 0 Å². The van der Waals surface area contributed by atoms with E-state index in [-0.39, 0.29) is 17.0 Å². The molecule has 5 rings (SSSR count). The molecule has 0 saturated carbocycles. The Bertz CT molecular complexity index is 1180. The second-order valence-corrected chi connectivity index (χ2v) is 7.97. The SMILES string of the molecule is CCc1cccc(NC(=O)c2cc3cc4c5c(c3oc2=N)CCCN5CCC4)c1. The molecular formula is C24H25N3O2. The van der Waals surface area contributed by atoms with Crippen molar-refractivity contribution >= 4 is 28.3 Å². The molecule has 0 aliphatic carbocycles. The van der Waals surface area contributed by atoms with Crippen LogP contribution in [0.4, 0.5) is 11.4 Å². The predicted molar refractivity (Wildman–Crippen MR) is 115 cm³/mol. The van der Waals surface area contributed by atoms with Crippen molar-refractivity contribution in [3.05, 3.63) is 64.2 Å². The molecule has 5 heteroatoms. The van der Waals surface area contributed by atoms with Crippen LogP contribution in [0, 0.1) is 5.41 Å². The zero-order valence-corrected chi connectivity index (χ0v) is 16.7. The van der Waals surface area contributed by atoms with Crippen LogP contribution in [0.25, 0.3) is 11.0 Å². The number of fused-ring (bicyclic) bond motifs is 2. The molecule has 2 N–H and O–H groups in total. The van der Waals surface area contributed by atoms with Crippen LogP contribution in [-0.2, 0) is 19.3 Å². The van der Waals surface area contributed by atoms with E-state index >= 15 is 0 Å². The van der Waals surface area contributed by atoms with Crippen LogP contribution < -0.4 is 15.8 Å². The molecule has 0 atom stereocenters. The Kier molecular flexibility index (Phi) is 4.38. The summed E-state index contributed by atoms with van der Waals surface area (Å²) in [5.74, 6) is -0.304. The normalized spacial score (nSPS) is 15.3. The highest BCUT2D eigenvalue weighted by atomic mass is 16.3. The third kappa shape index (κ3) is 3.11. The molecule has 2 aliphatic heterocycles. The van der Waals surface area contributed by atoms with E-state index in [9.17, 15) is 4.79 Å². The fourth-order valence-electron chi connectivity index (χ4n) is 4.70. The second kappa shape index (κ2) is 7.07. The van der Waals surface area contributed by atoms with Crippen LogP contribution in [0.15, 0.2) is 40.8 Å². The van der Waals surface area contributed by atoms with E-state index in [1.165, 1.54) is 16.8 Å². The number of hydrogen-bond donors (Lipinski definition) is 2. The summed E-state index contributed by atoms with van der Waals surface area (Å²) in [6.45, 7) is 4.27. The summed E-state index contributed by atoms with van der Waals surface area (Å²) in [4.78, 5) is 15.3. The Morgan fingerprint density at radius 2 is 2.00 bits per heavy atom. The van der Waals surface area contributed by atoms with Crippen LogP contribution >= 0.6 is 0 Å². The quantitative estimate of drug-likeness (QED) is 0.699. The molecule has 2 aromatic carbocycles. The van der Waals surface area contributed by atoms with E-state index < -0.39 is 0 Å². The maximum absolute atomic E-state index is 12.9. The Labute approximate surface area is 169 Å². The Morgan fingerprint density at radius 1 is 1.17 bits per heavy atom. The van der Waals surface area contributed by atoms with Gasteiger partial charge in [-0.2, -0.15) is 0 Å². The molecule has 0 bridgehead atoms.